The second-order valence-electron chi connectivity index (χ2n) is 4.84. The molecule has 0 saturated heterocycles. The summed E-state index contributed by atoms with van der Waals surface area (Å²) < 4.78 is 1.72. The van der Waals surface area contributed by atoms with Crippen LogP contribution in [0.1, 0.15) is 15.9 Å². The summed E-state index contributed by atoms with van der Waals surface area (Å²) in [5.41, 5.74) is 4.15. The van der Waals surface area contributed by atoms with Crippen molar-refractivity contribution in [3.05, 3.63) is 70.9 Å². The Kier molecular flexibility index (Phi) is 3.59. The van der Waals surface area contributed by atoms with Gasteiger partial charge in [-0.3, -0.25) is 4.79 Å². The summed E-state index contributed by atoms with van der Waals surface area (Å²) in [5, 5.41) is 5.19. The molecule has 21 heavy (non-hydrogen) atoms. The third-order valence-electron chi connectivity index (χ3n) is 3.25. The van der Waals surface area contributed by atoms with Gasteiger partial charge < -0.3 is 0 Å². The zero-order chi connectivity index (χ0) is 14.8. The summed E-state index contributed by atoms with van der Waals surface area (Å²) in [6.45, 7) is 2.02. The van der Waals surface area contributed by atoms with Crippen LogP contribution in [0.2, 0.25) is 5.02 Å². The Balaban J connectivity index is 2.10. The van der Waals surface area contributed by atoms with Gasteiger partial charge in [0.25, 0.3) is 0 Å². The van der Waals surface area contributed by atoms with E-state index in [2.05, 4.69) is 5.10 Å². The van der Waals surface area contributed by atoms with Crippen molar-refractivity contribution in [2.24, 2.45) is 0 Å². The lowest BCUT2D eigenvalue weighted by molar-refractivity contribution is 0.112. The fraction of sp³-hybridized carbons (Fsp3) is 0.0588. The molecule has 0 radical (unpaired) electrons. The van der Waals surface area contributed by atoms with E-state index in [1.54, 1.807) is 23.0 Å². The van der Waals surface area contributed by atoms with Gasteiger partial charge >= 0.3 is 0 Å². The Bertz CT molecular complexity index is 791. The lowest BCUT2D eigenvalue weighted by Crippen LogP contribution is -1.95. The van der Waals surface area contributed by atoms with Gasteiger partial charge in [-0.25, -0.2) is 4.68 Å². The number of nitrogens with zero attached hydrogens (tertiary/aromatic N) is 2. The van der Waals surface area contributed by atoms with Crippen molar-refractivity contribution in [2.45, 2.75) is 6.92 Å². The predicted molar refractivity (Wildman–Crippen MR) is 84.1 cm³/mol. The number of aldehydes is 1. The van der Waals surface area contributed by atoms with E-state index in [9.17, 15) is 4.79 Å². The minimum atomic E-state index is 0.554. The number of halogens is 1. The second-order valence-corrected chi connectivity index (χ2v) is 5.28. The first kappa shape index (κ1) is 13.6. The fourth-order valence-corrected chi connectivity index (χ4v) is 2.33. The average Bonchev–Trinajstić information content (AvgIpc) is 2.92. The Labute approximate surface area is 127 Å². The minimum Gasteiger partial charge on any atom is -0.298 e. The number of rotatable bonds is 3. The van der Waals surface area contributed by atoms with Crippen LogP contribution in [0.3, 0.4) is 0 Å². The molecule has 4 heteroatoms. The number of hydrogen-bond donors (Lipinski definition) is 0. The third-order valence-corrected chi connectivity index (χ3v) is 3.51. The first-order chi connectivity index (χ1) is 10.2. The van der Waals surface area contributed by atoms with Crippen molar-refractivity contribution in [3.8, 4) is 16.9 Å². The van der Waals surface area contributed by atoms with Crippen molar-refractivity contribution in [1.82, 2.24) is 9.78 Å². The standard InChI is InChI=1S/C17H13ClN2O/c1-12-3-2-4-16(9-12)20-10-14(11-21)17(19-20)13-5-7-15(18)8-6-13/h2-11H,1H3. The van der Waals surface area contributed by atoms with Crippen LogP contribution < -0.4 is 0 Å². The van der Waals surface area contributed by atoms with E-state index in [4.69, 9.17) is 11.6 Å². The van der Waals surface area contributed by atoms with Gasteiger partial charge in [0.2, 0.25) is 0 Å². The fourth-order valence-electron chi connectivity index (χ4n) is 2.21. The molecule has 2 aromatic carbocycles. The molecule has 1 aromatic heterocycles. The molecule has 0 fully saturated rings. The third kappa shape index (κ3) is 2.73. The molecule has 0 bridgehead atoms. The molecule has 0 aliphatic carbocycles. The summed E-state index contributed by atoms with van der Waals surface area (Å²) in [6.07, 6.45) is 2.56. The van der Waals surface area contributed by atoms with E-state index in [1.165, 1.54) is 0 Å². The highest BCUT2D eigenvalue weighted by Gasteiger charge is 2.11. The molecule has 0 amide bonds. The molecule has 3 nitrogen and oxygen atoms in total. The van der Waals surface area contributed by atoms with Crippen molar-refractivity contribution in [1.29, 1.82) is 0 Å². The molecular weight excluding hydrogens is 284 g/mol. The van der Waals surface area contributed by atoms with Crippen molar-refractivity contribution >= 4 is 17.9 Å². The molecule has 0 atom stereocenters. The van der Waals surface area contributed by atoms with Crippen LogP contribution in [-0.2, 0) is 0 Å². The van der Waals surface area contributed by atoms with Crippen LogP contribution in [0.15, 0.2) is 54.7 Å². The molecule has 0 saturated carbocycles. The second kappa shape index (κ2) is 5.54. The van der Waals surface area contributed by atoms with Gasteiger partial charge in [0.1, 0.15) is 5.69 Å². The predicted octanol–water partition coefficient (Wildman–Crippen LogP) is 4.31. The van der Waals surface area contributed by atoms with Crippen molar-refractivity contribution < 1.29 is 4.79 Å². The van der Waals surface area contributed by atoms with E-state index >= 15 is 0 Å². The van der Waals surface area contributed by atoms with Gasteiger partial charge in [0.05, 0.1) is 11.3 Å². The number of carbonyl (C=O) groups excluding carboxylic acids is 1. The largest absolute Gasteiger partial charge is 0.298 e. The molecule has 3 rings (SSSR count). The average molecular weight is 297 g/mol. The topological polar surface area (TPSA) is 34.9 Å². The normalized spacial score (nSPS) is 10.6. The molecule has 0 unspecified atom stereocenters. The quantitative estimate of drug-likeness (QED) is 0.675. The molecule has 0 N–H and O–H groups in total. The smallest absolute Gasteiger partial charge is 0.153 e. The minimum absolute atomic E-state index is 0.554. The number of hydrogen-bond acceptors (Lipinski definition) is 2. The van der Waals surface area contributed by atoms with Crippen LogP contribution in [-0.4, -0.2) is 16.1 Å². The number of aryl methyl sites for hydroxylation is 1. The summed E-state index contributed by atoms with van der Waals surface area (Å²) in [7, 11) is 0. The molecule has 3 aromatic rings. The number of carbonyl (C=O) groups is 1. The van der Waals surface area contributed by atoms with Gasteiger partial charge in [-0.05, 0) is 36.8 Å². The maximum atomic E-state index is 11.3. The van der Waals surface area contributed by atoms with E-state index < -0.39 is 0 Å². The molecule has 0 aliphatic rings. The lowest BCUT2D eigenvalue weighted by Gasteiger charge is -2.02. The van der Waals surface area contributed by atoms with Crippen LogP contribution in [0.5, 0.6) is 0 Å². The number of benzene rings is 2. The van der Waals surface area contributed by atoms with Crippen LogP contribution in [0.25, 0.3) is 16.9 Å². The Morgan fingerprint density at radius 3 is 2.57 bits per heavy atom. The molecule has 104 valence electrons. The molecule has 1 heterocycles. The SMILES string of the molecule is Cc1cccc(-n2cc(C=O)c(-c3ccc(Cl)cc3)n2)c1. The van der Waals surface area contributed by atoms with Crippen molar-refractivity contribution in [3.63, 3.8) is 0 Å². The zero-order valence-electron chi connectivity index (χ0n) is 11.5. The maximum absolute atomic E-state index is 11.3. The van der Waals surface area contributed by atoms with Gasteiger partial charge in [-0.2, -0.15) is 5.10 Å². The van der Waals surface area contributed by atoms with Gasteiger partial charge in [0, 0.05) is 16.8 Å². The Morgan fingerprint density at radius 2 is 1.90 bits per heavy atom. The Morgan fingerprint density at radius 1 is 1.14 bits per heavy atom. The highest BCUT2D eigenvalue weighted by atomic mass is 35.5. The molecular formula is C17H13ClN2O. The van der Waals surface area contributed by atoms with Gasteiger partial charge in [-0.15, -0.1) is 0 Å². The monoisotopic (exact) mass is 296 g/mol. The Hall–Kier alpha value is -2.39. The zero-order valence-corrected chi connectivity index (χ0v) is 12.2. The summed E-state index contributed by atoms with van der Waals surface area (Å²) in [4.78, 5) is 11.3. The van der Waals surface area contributed by atoms with E-state index in [0.717, 1.165) is 23.1 Å². The molecule has 0 aliphatic heterocycles. The van der Waals surface area contributed by atoms with E-state index in [0.29, 0.717) is 16.3 Å². The summed E-state index contributed by atoms with van der Waals surface area (Å²) in [5.74, 6) is 0. The van der Waals surface area contributed by atoms with Crippen LogP contribution >= 0.6 is 11.6 Å². The van der Waals surface area contributed by atoms with Crippen LogP contribution in [0, 0.1) is 6.92 Å². The summed E-state index contributed by atoms with van der Waals surface area (Å²) in [6, 6.07) is 15.3. The summed E-state index contributed by atoms with van der Waals surface area (Å²) >= 11 is 5.90. The van der Waals surface area contributed by atoms with Crippen molar-refractivity contribution in [2.75, 3.05) is 0 Å². The molecule has 0 spiro atoms. The van der Waals surface area contributed by atoms with Gasteiger partial charge in [0.15, 0.2) is 6.29 Å². The highest BCUT2D eigenvalue weighted by molar-refractivity contribution is 6.30. The van der Waals surface area contributed by atoms with Crippen LogP contribution in [0.4, 0.5) is 0 Å². The highest BCUT2D eigenvalue weighted by Crippen LogP contribution is 2.24. The maximum Gasteiger partial charge on any atom is 0.153 e. The van der Waals surface area contributed by atoms with E-state index in [-0.39, 0.29) is 0 Å². The number of aromatic nitrogens is 2. The first-order valence-electron chi connectivity index (χ1n) is 6.55. The van der Waals surface area contributed by atoms with E-state index in [1.807, 2.05) is 43.3 Å². The lowest BCUT2D eigenvalue weighted by atomic mass is 10.1. The van der Waals surface area contributed by atoms with Gasteiger partial charge in [-0.1, -0.05) is 35.9 Å². The first-order valence-corrected chi connectivity index (χ1v) is 6.93.